The molecule has 1 fully saturated rings. The predicted molar refractivity (Wildman–Crippen MR) is 104 cm³/mol. The van der Waals surface area contributed by atoms with Crippen LogP contribution in [0.2, 0.25) is 0 Å². The van der Waals surface area contributed by atoms with Gasteiger partial charge < -0.3 is 9.88 Å². The second kappa shape index (κ2) is 9.87. The lowest BCUT2D eigenvalue weighted by atomic mass is 9.94. The van der Waals surface area contributed by atoms with Crippen LogP contribution in [0.4, 0.5) is 0 Å². The summed E-state index contributed by atoms with van der Waals surface area (Å²) in [4.78, 5) is 0. The average Bonchev–Trinajstić information content (AvgIpc) is 2.94. The summed E-state index contributed by atoms with van der Waals surface area (Å²) >= 11 is 1.74. The third kappa shape index (κ3) is 5.36. The van der Waals surface area contributed by atoms with Gasteiger partial charge >= 0.3 is 0 Å². The van der Waals surface area contributed by atoms with Crippen molar-refractivity contribution < 1.29 is 0 Å². The third-order valence-corrected chi connectivity index (χ3v) is 5.25. The second-order valence-electron chi connectivity index (χ2n) is 5.98. The minimum Gasteiger partial charge on any atom is -0.317 e. The van der Waals surface area contributed by atoms with Crippen LogP contribution in [0, 0.1) is 5.92 Å². The van der Waals surface area contributed by atoms with E-state index in [0.29, 0.717) is 0 Å². The van der Waals surface area contributed by atoms with E-state index >= 15 is 0 Å². The molecule has 0 bridgehead atoms. The fourth-order valence-corrected chi connectivity index (χ4v) is 3.60. The van der Waals surface area contributed by atoms with Crippen molar-refractivity contribution in [1.82, 2.24) is 20.1 Å². The molecule has 0 spiro atoms. The van der Waals surface area contributed by atoms with E-state index in [9.17, 15) is 0 Å². The molecule has 1 aromatic carbocycles. The normalized spacial score (nSPS) is 15.5. The summed E-state index contributed by atoms with van der Waals surface area (Å²) in [6.45, 7) is 2.27. The van der Waals surface area contributed by atoms with Crippen molar-refractivity contribution in [2.75, 3.05) is 18.8 Å². The Balaban J connectivity index is 0.00000208. The SMILES string of the molecule is Cl.Cn1c(CC2CCNCC2)nnc1SCC=Cc1ccccc1. The molecule has 3 rings (SSSR count). The molecule has 0 unspecified atom stereocenters. The molecule has 0 aliphatic carbocycles. The summed E-state index contributed by atoms with van der Waals surface area (Å²) in [5, 5.41) is 13.2. The summed E-state index contributed by atoms with van der Waals surface area (Å²) in [7, 11) is 2.08. The van der Waals surface area contributed by atoms with Crippen LogP contribution >= 0.6 is 24.2 Å². The summed E-state index contributed by atoms with van der Waals surface area (Å²) in [5.41, 5.74) is 1.23. The van der Waals surface area contributed by atoms with Gasteiger partial charge in [0, 0.05) is 19.2 Å². The fraction of sp³-hybridized carbons (Fsp3) is 0.444. The monoisotopic (exact) mass is 364 g/mol. The van der Waals surface area contributed by atoms with Crippen molar-refractivity contribution in [2.24, 2.45) is 13.0 Å². The first-order valence-corrected chi connectivity index (χ1v) is 9.25. The Kier molecular flexibility index (Phi) is 7.82. The van der Waals surface area contributed by atoms with Crippen LogP contribution in [-0.2, 0) is 13.5 Å². The van der Waals surface area contributed by atoms with E-state index in [0.717, 1.165) is 42.2 Å². The third-order valence-electron chi connectivity index (χ3n) is 4.27. The standard InChI is InChI=1S/C18H24N4S.ClH/c1-22-17(14-16-9-11-19-12-10-16)20-21-18(22)23-13-5-8-15-6-3-2-4-7-15;/h2-8,16,19H,9-14H2,1H3;1H. The lowest BCUT2D eigenvalue weighted by Gasteiger charge is -2.21. The number of hydrogen-bond donors (Lipinski definition) is 1. The van der Waals surface area contributed by atoms with Crippen LogP contribution in [-0.4, -0.2) is 33.6 Å². The Hall–Kier alpha value is -1.30. The van der Waals surface area contributed by atoms with Gasteiger partial charge in [0.15, 0.2) is 5.16 Å². The Morgan fingerprint density at radius 1 is 1.21 bits per heavy atom. The summed E-state index contributed by atoms with van der Waals surface area (Å²) in [5.74, 6) is 2.77. The lowest BCUT2D eigenvalue weighted by molar-refractivity contribution is 0.363. The Bertz CT molecular complexity index is 636. The lowest BCUT2D eigenvalue weighted by Crippen LogP contribution is -2.29. The molecular weight excluding hydrogens is 340 g/mol. The molecule has 1 aliphatic heterocycles. The van der Waals surface area contributed by atoms with Gasteiger partial charge in [0.25, 0.3) is 0 Å². The topological polar surface area (TPSA) is 42.7 Å². The minimum absolute atomic E-state index is 0. The highest BCUT2D eigenvalue weighted by Crippen LogP contribution is 2.21. The zero-order valence-electron chi connectivity index (χ0n) is 14.0. The smallest absolute Gasteiger partial charge is 0.191 e. The van der Waals surface area contributed by atoms with Gasteiger partial charge in [-0.2, -0.15) is 0 Å². The van der Waals surface area contributed by atoms with Gasteiger partial charge in [0.05, 0.1) is 0 Å². The molecule has 130 valence electrons. The van der Waals surface area contributed by atoms with Gasteiger partial charge in [-0.15, -0.1) is 22.6 Å². The molecule has 2 heterocycles. The Morgan fingerprint density at radius 2 is 1.96 bits per heavy atom. The van der Waals surface area contributed by atoms with Gasteiger partial charge in [0.2, 0.25) is 0 Å². The fourth-order valence-electron chi connectivity index (χ4n) is 2.86. The molecule has 1 N–H and O–H groups in total. The van der Waals surface area contributed by atoms with E-state index in [4.69, 9.17) is 0 Å². The van der Waals surface area contributed by atoms with Crippen LogP contribution in [0.25, 0.3) is 6.08 Å². The van der Waals surface area contributed by atoms with Crippen molar-refractivity contribution in [2.45, 2.75) is 24.4 Å². The van der Waals surface area contributed by atoms with E-state index in [1.54, 1.807) is 11.8 Å². The van der Waals surface area contributed by atoms with E-state index in [1.165, 1.54) is 18.4 Å². The molecule has 4 nitrogen and oxygen atoms in total. The highest BCUT2D eigenvalue weighted by molar-refractivity contribution is 7.99. The van der Waals surface area contributed by atoms with Crippen LogP contribution in [0.5, 0.6) is 0 Å². The van der Waals surface area contributed by atoms with Crippen LogP contribution < -0.4 is 5.32 Å². The zero-order chi connectivity index (χ0) is 15.9. The summed E-state index contributed by atoms with van der Waals surface area (Å²) in [6, 6.07) is 10.4. The number of rotatable bonds is 6. The van der Waals surface area contributed by atoms with E-state index < -0.39 is 0 Å². The Labute approximate surface area is 154 Å². The number of hydrogen-bond acceptors (Lipinski definition) is 4. The molecule has 0 atom stereocenters. The van der Waals surface area contributed by atoms with Crippen molar-refractivity contribution in [1.29, 1.82) is 0 Å². The zero-order valence-corrected chi connectivity index (χ0v) is 15.7. The summed E-state index contributed by atoms with van der Waals surface area (Å²) < 4.78 is 2.16. The van der Waals surface area contributed by atoms with Gasteiger partial charge in [-0.25, -0.2) is 0 Å². The van der Waals surface area contributed by atoms with Crippen molar-refractivity contribution in [3.05, 3.63) is 47.8 Å². The van der Waals surface area contributed by atoms with Gasteiger partial charge in [-0.05, 0) is 37.4 Å². The molecule has 0 saturated carbocycles. The largest absolute Gasteiger partial charge is 0.317 e. The number of halogens is 1. The predicted octanol–water partition coefficient (Wildman–Crippen LogP) is 3.58. The van der Waals surface area contributed by atoms with Crippen LogP contribution in [0.1, 0.15) is 24.2 Å². The molecule has 6 heteroatoms. The quantitative estimate of drug-likeness (QED) is 0.795. The molecule has 1 aromatic heterocycles. The number of nitrogens with one attached hydrogen (secondary N) is 1. The molecule has 0 radical (unpaired) electrons. The molecule has 1 saturated heterocycles. The number of benzene rings is 1. The highest BCUT2D eigenvalue weighted by atomic mass is 35.5. The number of nitrogens with zero attached hydrogens (tertiary/aromatic N) is 3. The van der Waals surface area contributed by atoms with E-state index in [1.807, 2.05) is 6.07 Å². The molecule has 1 aliphatic rings. The maximum atomic E-state index is 4.39. The van der Waals surface area contributed by atoms with E-state index in [-0.39, 0.29) is 12.4 Å². The maximum Gasteiger partial charge on any atom is 0.191 e. The Morgan fingerprint density at radius 3 is 2.71 bits per heavy atom. The average molecular weight is 365 g/mol. The van der Waals surface area contributed by atoms with E-state index in [2.05, 4.69) is 63.5 Å². The summed E-state index contributed by atoms with van der Waals surface area (Å²) in [6.07, 6.45) is 7.87. The van der Waals surface area contributed by atoms with Gasteiger partial charge in [-0.3, -0.25) is 0 Å². The maximum absolute atomic E-state index is 4.39. The first-order valence-electron chi connectivity index (χ1n) is 8.26. The highest BCUT2D eigenvalue weighted by Gasteiger charge is 2.17. The minimum atomic E-state index is 0. The second-order valence-corrected chi connectivity index (χ2v) is 6.97. The first-order chi connectivity index (χ1) is 11.3. The van der Waals surface area contributed by atoms with Crippen molar-refractivity contribution in [3.63, 3.8) is 0 Å². The first kappa shape index (κ1) is 19.0. The molecule has 0 amide bonds. The number of thioether (sulfide) groups is 1. The molecule has 2 aromatic rings. The number of aromatic nitrogens is 3. The van der Waals surface area contributed by atoms with Gasteiger partial charge in [0.1, 0.15) is 5.82 Å². The number of piperidine rings is 1. The molecule has 24 heavy (non-hydrogen) atoms. The van der Waals surface area contributed by atoms with Crippen LogP contribution in [0.3, 0.4) is 0 Å². The van der Waals surface area contributed by atoms with Gasteiger partial charge in [-0.1, -0.05) is 54.2 Å². The van der Waals surface area contributed by atoms with Crippen molar-refractivity contribution >= 4 is 30.2 Å². The van der Waals surface area contributed by atoms with Crippen LogP contribution in [0.15, 0.2) is 41.6 Å². The van der Waals surface area contributed by atoms with Crippen molar-refractivity contribution in [3.8, 4) is 0 Å². The molecular formula is C18H25ClN4S.